The zero-order valence-electron chi connectivity index (χ0n) is 12.2. The molecule has 0 aliphatic heterocycles. The summed E-state index contributed by atoms with van der Waals surface area (Å²) >= 11 is -1.87. The lowest BCUT2D eigenvalue weighted by molar-refractivity contribution is -0.153. The molecule has 0 bridgehead atoms. The Morgan fingerprint density at radius 2 is 1.86 bits per heavy atom. The number of anilines is 1. The van der Waals surface area contributed by atoms with Gasteiger partial charge in [0, 0.05) is 11.4 Å². The van der Waals surface area contributed by atoms with Crippen LogP contribution in [0.2, 0.25) is 0 Å². The first-order valence-corrected chi connectivity index (χ1v) is 7.30. The number of hydrogen-bond donors (Lipinski definition) is 2. The summed E-state index contributed by atoms with van der Waals surface area (Å²) in [7, 11) is 1.37. The molecule has 4 nitrogen and oxygen atoms in total. The van der Waals surface area contributed by atoms with Gasteiger partial charge in [0.1, 0.15) is 10.5 Å². The van der Waals surface area contributed by atoms with Crippen LogP contribution in [-0.2, 0) is 11.4 Å². The van der Waals surface area contributed by atoms with Crippen molar-refractivity contribution >= 4 is 17.0 Å². The smallest absolute Gasteiger partial charge is 0.412 e. The van der Waals surface area contributed by atoms with Crippen LogP contribution in [0.1, 0.15) is 32.4 Å². The first-order valence-electron chi connectivity index (χ1n) is 6.15. The van der Waals surface area contributed by atoms with E-state index >= 15 is 0 Å². The lowest BCUT2D eigenvalue weighted by Crippen LogP contribution is -2.45. The molecule has 0 radical (unpaired) electrons. The minimum absolute atomic E-state index is 0.0904. The van der Waals surface area contributed by atoms with Crippen LogP contribution in [0.5, 0.6) is 5.75 Å². The molecule has 0 aliphatic carbocycles. The number of nitrogens with one attached hydrogen (secondary N) is 1. The van der Waals surface area contributed by atoms with E-state index in [0.29, 0.717) is 0 Å². The number of nitrogen functional groups attached to an aromatic ring is 1. The molecule has 1 aromatic rings. The van der Waals surface area contributed by atoms with Gasteiger partial charge in [0.2, 0.25) is 0 Å². The Morgan fingerprint density at radius 3 is 2.24 bits per heavy atom. The van der Waals surface area contributed by atoms with Crippen molar-refractivity contribution in [3.05, 3.63) is 23.8 Å². The summed E-state index contributed by atoms with van der Waals surface area (Å²) in [5, 5.41) is 0. The molecular weight excluding hydrogens is 305 g/mol. The number of benzene rings is 1. The highest BCUT2D eigenvalue weighted by Crippen LogP contribution is 2.36. The van der Waals surface area contributed by atoms with Gasteiger partial charge in [0.05, 0.1) is 12.8 Å². The normalized spacial score (nSPS) is 15.6. The van der Waals surface area contributed by atoms with Crippen molar-refractivity contribution in [2.24, 2.45) is 0 Å². The number of alkyl halides is 3. The quantitative estimate of drug-likeness (QED) is 0.660. The van der Waals surface area contributed by atoms with Crippen molar-refractivity contribution in [2.45, 2.75) is 37.7 Å². The maximum absolute atomic E-state index is 13.2. The van der Waals surface area contributed by atoms with E-state index in [1.165, 1.54) is 25.3 Å². The third-order valence-electron chi connectivity index (χ3n) is 2.70. The molecule has 8 heteroatoms. The summed E-state index contributed by atoms with van der Waals surface area (Å²) in [6.45, 7) is 4.77. The van der Waals surface area contributed by atoms with Gasteiger partial charge in [0.15, 0.2) is 6.04 Å². The van der Waals surface area contributed by atoms with Gasteiger partial charge >= 0.3 is 6.18 Å². The fourth-order valence-corrected chi connectivity index (χ4v) is 2.38. The largest absolute Gasteiger partial charge is 0.598 e. The zero-order valence-corrected chi connectivity index (χ0v) is 13.1. The van der Waals surface area contributed by atoms with Gasteiger partial charge in [-0.15, -0.1) is 4.72 Å². The van der Waals surface area contributed by atoms with Crippen LogP contribution in [0, 0.1) is 0 Å². The molecule has 1 aromatic carbocycles. The second-order valence-electron chi connectivity index (χ2n) is 5.47. The number of hydrogen-bond acceptors (Lipinski definition) is 4. The molecular formula is C13H19F3N2O2S. The topological polar surface area (TPSA) is 70.3 Å². The number of ether oxygens (including phenoxy) is 1. The van der Waals surface area contributed by atoms with E-state index in [-0.39, 0.29) is 17.0 Å². The van der Waals surface area contributed by atoms with E-state index < -0.39 is 28.3 Å². The molecule has 0 amide bonds. The van der Waals surface area contributed by atoms with E-state index in [2.05, 4.69) is 4.72 Å². The van der Waals surface area contributed by atoms with E-state index in [0.717, 1.165) is 0 Å². The highest BCUT2D eigenvalue weighted by molar-refractivity contribution is 7.90. The fraction of sp³-hybridized carbons (Fsp3) is 0.538. The lowest BCUT2D eigenvalue weighted by atomic mass is 10.1. The second kappa shape index (κ2) is 6.33. The molecule has 0 aromatic heterocycles. The highest BCUT2D eigenvalue weighted by Gasteiger charge is 2.45. The van der Waals surface area contributed by atoms with Gasteiger partial charge < -0.3 is 15.0 Å². The Hall–Kier alpha value is -1.12. The molecule has 0 fully saturated rings. The Kier molecular flexibility index (Phi) is 5.40. The maximum Gasteiger partial charge on any atom is 0.412 e. The summed E-state index contributed by atoms with van der Waals surface area (Å²) in [6, 6.07) is 1.71. The van der Waals surface area contributed by atoms with E-state index in [1.54, 1.807) is 20.8 Å². The van der Waals surface area contributed by atoms with Gasteiger partial charge in [0.25, 0.3) is 0 Å². The van der Waals surface area contributed by atoms with Crippen molar-refractivity contribution in [2.75, 3.05) is 12.8 Å². The van der Waals surface area contributed by atoms with Gasteiger partial charge in [-0.25, -0.2) is 0 Å². The fourth-order valence-electron chi connectivity index (χ4n) is 1.54. The Bertz CT molecular complexity index is 489. The average molecular weight is 324 g/mol. The average Bonchev–Trinajstić information content (AvgIpc) is 2.32. The number of halogens is 3. The number of methoxy groups -OCH3 is 1. The standard InChI is InChI=1S/C13H19F3N2O2S/c1-12(2,3)21(19)18-11(13(14,15)16)8-5-6-10(20-4)9(17)7-8/h5-7,11,18H,17H2,1-4H3/t11-,21?/m1/s1. The van der Waals surface area contributed by atoms with Crippen LogP contribution in [0.3, 0.4) is 0 Å². The molecule has 120 valence electrons. The third-order valence-corrected chi connectivity index (χ3v) is 4.26. The first kappa shape index (κ1) is 17.9. The molecule has 0 spiro atoms. The minimum Gasteiger partial charge on any atom is -0.598 e. The predicted molar refractivity (Wildman–Crippen MR) is 77.2 cm³/mol. The van der Waals surface area contributed by atoms with Crippen LogP contribution in [-0.4, -0.2) is 22.6 Å². The third kappa shape index (κ3) is 4.69. The van der Waals surface area contributed by atoms with Gasteiger partial charge in [-0.1, -0.05) is 6.07 Å². The Morgan fingerprint density at radius 1 is 1.29 bits per heavy atom. The molecule has 1 unspecified atom stereocenters. The Balaban J connectivity index is 3.12. The molecule has 0 saturated carbocycles. The molecule has 0 aliphatic rings. The summed E-state index contributed by atoms with van der Waals surface area (Å²) in [6.07, 6.45) is -4.60. The zero-order chi connectivity index (χ0) is 16.4. The van der Waals surface area contributed by atoms with Crippen molar-refractivity contribution in [1.29, 1.82) is 0 Å². The summed E-state index contributed by atoms with van der Waals surface area (Å²) in [5.74, 6) is 0.289. The van der Waals surface area contributed by atoms with Crippen LogP contribution in [0.4, 0.5) is 18.9 Å². The Labute approximate surface area is 125 Å². The molecule has 3 N–H and O–H groups in total. The maximum atomic E-state index is 13.2. The van der Waals surface area contributed by atoms with Crippen molar-refractivity contribution < 1.29 is 22.5 Å². The molecule has 0 heterocycles. The monoisotopic (exact) mass is 324 g/mol. The van der Waals surface area contributed by atoms with Crippen LogP contribution in [0.25, 0.3) is 0 Å². The number of nitrogens with two attached hydrogens (primary N) is 1. The SMILES string of the molecule is COc1ccc([C@@H](N[S+]([O-])C(C)(C)C)C(F)(F)F)cc1N. The van der Waals surface area contributed by atoms with Crippen LogP contribution >= 0.6 is 0 Å². The summed E-state index contributed by atoms with van der Waals surface area (Å²) < 4.78 is 57.8. The lowest BCUT2D eigenvalue weighted by Gasteiger charge is -2.29. The van der Waals surface area contributed by atoms with Crippen LogP contribution < -0.4 is 15.2 Å². The van der Waals surface area contributed by atoms with Gasteiger partial charge in [-0.3, -0.25) is 0 Å². The molecule has 21 heavy (non-hydrogen) atoms. The first-order chi connectivity index (χ1) is 9.46. The molecule has 1 rings (SSSR count). The summed E-state index contributed by atoms with van der Waals surface area (Å²) in [4.78, 5) is 0. The molecule has 2 atom stereocenters. The van der Waals surface area contributed by atoms with Crippen molar-refractivity contribution in [3.8, 4) is 5.75 Å². The number of rotatable bonds is 4. The minimum atomic E-state index is -4.60. The summed E-state index contributed by atoms with van der Waals surface area (Å²) in [5.41, 5.74) is 5.61. The van der Waals surface area contributed by atoms with E-state index in [1.807, 2.05) is 0 Å². The van der Waals surface area contributed by atoms with Crippen LogP contribution in [0.15, 0.2) is 18.2 Å². The second-order valence-corrected chi connectivity index (χ2v) is 7.47. The molecule has 0 saturated heterocycles. The van der Waals surface area contributed by atoms with Gasteiger partial charge in [-0.05, 0) is 38.5 Å². The predicted octanol–water partition coefficient (Wildman–Crippen LogP) is 2.93. The van der Waals surface area contributed by atoms with Gasteiger partial charge in [-0.2, -0.15) is 13.2 Å². The van der Waals surface area contributed by atoms with E-state index in [9.17, 15) is 17.7 Å². The van der Waals surface area contributed by atoms with Crippen molar-refractivity contribution in [3.63, 3.8) is 0 Å². The highest BCUT2D eigenvalue weighted by atomic mass is 32.2. The van der Waals surface area contributed by atoms with Crippen molar-refractivity contribution in [1.82, 2.24) is 4.72 Å². The van der Waals surface area contributed by atoms with E-state index in [4.69, 9.17) is 10.5 Å².